The van der Waals surface area contributed by atoms with Crippen LogP contribution in [0.15, 0.2) is 79.9 Å². The van der Waals surface area contributed by atoms with Crippen molar-refractivity contribution in [1.29, 1.82) is 0 Å². The standard InChI is InChI=1S/C35H44N4O4S/c1-6-21-37(26-13-11-10-12-14-26)32(41)29-28-19-20-35(44-28)30(29)33(42)39(24(5)23-40)31(35)34(43)38(22-7-2)27-17-15-25(16-18-27)36(8-3)9-4/h6-7,10-18,24,28-31,40H,1-2,8-9,19-23H2,3-5H3/t24-,28-,29+,30+,31?,35?/m1/s1. The zero-order chi connectivity index (χ0) is 31.6. The zero-order valence-electron chi connectivity index (χ0n) is 26.0. The van der Waals surface area contributed by atoms with E-state index in [1.165, 1.54) is 0 Å². The van der Waals surface area contributed by atoms with Crippen LogP contribution in [0, 0.1) is 11.8 Å². The molecule has 2 unspecified atom stereocenters. The first-order chi connectivity index (χ1) is 21.3. The van der Waals surface area contributed by atoms with Gasteiger partial charge >= 0.3 is 0 Å². The summed E-state index contributed by atoms with van der Waals surface area (Å²) in [5.74, 6) is -1.78. The number of anilines is 3. The van der Waals surface area contributed by atoms with Gasteiger partial charge in [0.25, 0.3) is 5.91 Å². The molecule has 3 heterocycles. The van der Waals surface area contributed by atoms with Gasteiger partial charge in [-0.05, 0) is 70.0 Å². The highest BCUT2D eigenvalue weighted by atomic mass is 32.2. The number of aliphatic hydroxyl groups is 1. The molecule has 0 radical (unpaired) electrons. The molecule has 8 nitrogen and oxygen atoms in total. The summed E-state index contributed by atoms with van der Waals surface area (Å²) in [7, 11) is 0. The van der Waals surface area contributed by atoms with Crippen LogP contribution in [-0.4, -0.2) is 82.6 Å². The molecule has 5 rings (SSSR count). The largest absolute Gasteiger partial charge is 0.394 e. The van der Waals surface area contributed by atoms with Crippen molar-refractivity contribution in [2.45, 2.75) is 55.7 Å². The summed E-state index contributed by atoms with van der Waals surface area (Å²) in [5.41, 5.74) is 2.55. The van der Waals surface area contributed by atoms with Crippen LogP contribution in [0.4, 0.5) is 17.1 Å². The molecule has 2 bridgehead atoms. The van der Waals surface area contributed by atoms with Crippen LogP contribution in [0.5, 0.6) is 0 Å². The number of benzene rings is 2. The van der Waals surface area contributed by atoms with Crippen molar-refractivity contribution < 1.29 is 19.5 Å². The summed E-state index contributed by atoms with van der Waals surface area (Å²) in [6, 6.07) is 16.0. The second-order valence-corrected chi connectivity index (χ2v) is 13.4. The molecular formula is C35H44N4O4S. The Bertz CT molecular complexity index is 1380. The molecule has 44 heavy (non-hydrogen) atoms. The fraction of sp³-hybridized carbons (Fsp3) is 0.457. The van der Waals surface area contributed by atoms with Crippen LogP contribution >= 0.6 is 11.8 Å². The molecule has 1 N–H and O–H groups in total. The minimum Gasteiger partial charge on any atom is -0.394 e. The second kappa shape index (κ2) is 13.2. The molecule has 234 valence electrons. The van der Waals surface area contributed by atoms with Crippen molar-refractivity contribution in [3.63, 3.8) is 0 Å². The summed E-state index contributed by atoms with van der Waals surface area (Å²) in [4.78, 5) is 50.8. The van der Waals surface area contributed by atoms with Gasteiger partial charge in [-0.1, -0.05) is 30.4 Å². The van der Waals surface area contributed by atoms with Crippen molar-refractivity contribution in [2.75, 3.05) is 47.5 Å². The fourth-order valence-corrected chi connectivity index (χ4v) is 9.68. The number of likely N-dealkylation sites (tertiary alicyclic amines) is 1. The molecule has 2 aromatic carbocycles. The monoisotopic (exact) mass is 616 g/mol. The Morgan fingerprint density at radius 3 is 2.11 bits per heavy atom. The number of carbonyl (C=O) groups is 3. The molecule has 0 saturated carbocycles. The average Bonchev–Trinajstić information content (AvgIpc) is 3.70. The third kappa shape index (κ3) is 5.24. The molecule has 2 aromatic rings. The van der Waals surface area contributed by atoms with E-state index in [0.717, 1.165) is 36.6 Å². The van der Waals surface area contributed by atoms with Gasteiger partial charge in [0.15, 0.2) is 0 Å². The van der Waals surface area contributed by atoms with Crippen LogP contribution in [0.25, 0.3) is 0 Å². The highest BCUT2D eigenvalue weighted by Crippen LogP contribution is 2.67. The molecule has 0 aliphatic carbocycles. The van der Waals surface area contributed by atoms with Gasteiger partial charge in [0.2, 0.25) is 11.8 Å². The van der Waals surface area contributed by atoms with Crippen LogP contribution in [0.2, 0.25) is 0 Å². The molecule has 9 heteroatoms. The van der Waals surface area contributed by atoms with Crippen LogP contribution in [-0.2, 0) is 14.4 Å². The maximum atomic E-state index is 14.8. The molecule has 3 aliphatic heterocycles. The SMILES string of the molecule is C=CCN(C(=O)C1N([C@H](C)CO)C(=O)[C@@H]2[C@@H](C(=O)N(CC=C)c3ccccc3)[C@H]3CCC12S3)c1ccc(N(CC)CC)cc1. The number of carbonyl (C=O) groups excluding carboxylic acids is 3. The molecule has 3 aliphatic rings. The number of amides is 3. The normalized spacial score (nSPS) is 25.8. The number of aliphatic hydroxyl groups excluding tert-OH is 1. The number of rotatable bonds is 13. The predicted molar refractivity (Wildman–Crippen MR) is 179 cm³/mol. The van der Waals surface area contributed by atoms with Crippen molar-refractivity contribution >= 4 is 46.5 Å². The average molecular weight is 617 g/mol. The Morgan fingerprint density at radius 2 is 1.55 bits per heavy atom. The van der Waals surface area contributed by atoms with E-state index in [4.69, 9.17) is 0 Å². The summed E-state index contributed by atoms with van der Waals surface area (Å²) in [5, 5.41) is 10.2. The molecule has 1 spiro atoms. The van der Waals surface area contributed by atoms with E-state index in [9.17, 15) is 19.5 Å². The lowest BCUT2D eigenvalue weighted by Gasteiger charge is -2.39. The number of nitrogens with zero attached hydrogens (tertiary/aromatic N) is 4. The van der Waals surface area contributed by atoms with Gasteiger partial charge in [0, 0.05) is 48.5 Å². The van der Waals surface area contributed by atoms with Crippen LogP contribution < -0.4 is 14.7 Å². The molecule has 3 saturated heterocycles. The zero-order valence-corrected chi connectivity index (χ0v) is 26.8. The molecule has 3 fully saturated rings. The van der Waals surface area contributed by atoms with Crippen LogP contribution in [0.3, 0.4) is 0 Å². The molecule has 6 atom stereocenters. The van der Waals surface area contributed by atoms with Gasteiger partial charge < -0.3 is 24.7 Å². The van der Waals surface area contributed by atoms with E-state index >= 15 is 0 Å². The third-order valence-corrected chi connectivity index (χ3v) is 11.5. The molecule has 0 aromatic heterocycles. The highest BCUT2D eigenvalue weighted by Gasteiger charge is 2.74. The highest BCUT2D eigenvalue weighted by molar-refractivity contribution is 8.02. The topological polar surface area (TPSA) is 84.4 Å². The maximum Gasteiger partial charge on any atom is 0.251 e. The Balaban J connectivity index is 1.54. The van der Waals surface area contributed by atoms with Crippen molar-refractivity contribution in [2.24, 2.45) is 11.8 Å². The number of para-hydroxylation sites is 1. The number of thioether (sulfide) groups is 1. The van der Waals surface area contributed by atoms with Crippen molar-refractivity contribution in [3.05, 3.63) is 79.9 Å². The Morgan fingerprint density at radius 1 is 0.977 bits per heavy atom. The molecular weight excluding hydrogens is 572 g/mol. The Kier molecular flexibility index (Phi) is 9.56. The lowest BCUT2D eigenvalue weighted by molar-refractivity contribution is -0.141. The smallest absolute Gasteiger partial charge is 0.251 e. The van der Waals surface area contributed by atoms with E-state index < -0.39 is 28.7 Å². The fourth-order valence-electron chi connectivity index (χ4n) is 7.49. The first-order valence-corrected chi connectivity index (χ1v) is 16.5. The van der Waals surface area contributed by atoms with Crippen molar-refractivity contribution in [1.82, 2.24) is 4.90 Å². The van der Waals surface area contributed by atoms with Gasteiger partial charge in [-0.2, -0.15) is 0 Å². The minimum atomic E-state index is -0.818. The number of fused-ring (bicyclic) bond motifs is 1. The Hall–Kier alpha value is -3.56. The first kappa shape index (κ1) is 31.9. The Labute approximate surface area is 265 Å². The van der Waals surface area contributed by atoms with Gasteiger partial charge in [0.05, 0.1) is 29.2 Å². The van der Waals surface area contributed by atoms with E-state index in [2.05, 4.69) is 31.9 Å². The van der Waals surface area contributed by atoms with E-state index in [1.54, 1.807) is 45.5 Å². The van der Waals surface area contributed by atoms with E-state index in [1.807, 2.05) is 54.6 Å². The summed E-state index contributed by atoms with van der Waals surface area (Å²) < 4.78 is -0.764. The van der Waals surface area contributed by atoms with Gasteiger partial charge in [-0.15, -0.1) is 24.9 Å². The van der Waals surface area contributed by atoms with Gasteiger partial charge in [-0.3, -0.25) is 14.4 Å². The summed E-state index contributed by atoms with van der Waals surface area (Å²) in [6.07, 6.45) is 4.79. The first-order valence-electron chi connectivity index (χ1n) is 15.6. The lowest BCUT2D eigenvalue weighted by atomic mass is 9.70. The van der Waals surface area contributed by atoms with Crippen LogP contribution in [0.1, 0.15) is 33.6 Å². The van der Waals surface area contributed by atoms with E-state index in [0.29, 0.717) is 13.0 Å². The quantitative estimate of drug-likeness (QED) is 0.328. The summed E-state index contributed by atoms with van der Waals surface area (Å²) in [6.45, 7) is 15.8. The number of hydrogen-bond donors (Lipinski definition) is 1. The van der Waals surface area contributed by atoms with E-state index in [-0.39, 0.29) is 36.1 Å². The minimum absolute atomic E-state index is 0.0735. The molecule has 3 amide bonds. The van der Waals surface area contributed by atoms with Crippen molar-refractivity contribution in [3.8, 4) is 0 Å². The van der Waals surface area contributed by atoms with Gasteiger partial charge in [0.1, 0.15) is 6.04 Å². The number of hydrogen-bond acceptors (Lipinski definition) is 6. The predicted octanol–water partition coefficient (Wildman–Crippen LogP) is 4.74. The lowest BCUT2D eigenvalue weighted by Crippen LogP contribution is -2.57. The maximum absolute atomic E-state index is 14.8. The van der Waals surface area contributed by atoms with Gasteiger partial charge in [-0.25, -0.2) is 0 Å². The third-order valence-electron chi connectivity index (χ3n) is 9.51. The summed E-state index contributed by atoms with van der Waals surface area (Å²) >= 11 is 1.63. The second-order valence-electron chi connectivity index (χ2n) is 11.8.